The van der Waals surface area contributed by atoms with E-state index in [4.69, 9.17) is 0 Å². The Morgan fingerprint density at radius 2 is 0.407 bits per heavy atom. The first-order chi connectivity index (χ1) is 26.7. The molecular formula is C52H105NO. The van der Waals surface area contributed by atoms with E-state index in [-0.39, 0.29) is 5.41 Å². The molecule has 0 aromatic carbocycles. The van der Waals surface area contributed by atoms with Gasteiger partial charge in [-0.3, -0.25) is 0 Å². The first kappa shape index (κ1) is 53.5. The van der Waals surface area contributed by atoms with Gasteiger partial charge < -0.3 is 5.21 Å². The number of nitrogens with one attached hydrogen (secondary N) is 1. The van der Waals surface area contributed by atoms with Crippen LogP contribution < -0.4 is 5.16 Å². The van der Waals surface area contributed by atoms with Crippen molar-refractivity contribution in [1.29, 1.82) is 0 Å². The average Bonchev–Trinajstić information content (AvgIpc) is 3.18. The van der Waals surface area contributed by atoms with Gasteiger partial charge in [-0.15, -0.1) is 0 Å². The molecule has 0 amide bonds. The molecule has 0 aromatic rings. The number of hydrogen-bond donors (Lipinski definition) is 1. The Labute approximate surface area is 343 Å². The zero-order chi connectivity index (χ0) is 39.1. The van der Waals surface area contributed by atoms with Crippen LogP contribution in [0.5, 0.6) is 0 Å². The average molecular weight is 760 g/mol. The van der Waals surface area contributed by atoms with Crippen molar-refractivity contribution >= 4 is 6.21 Å². The Morgan fingerprint density at radius 1 is 0.259 bits per heavy atom. The molecule has 0 aromatic heterocycles. The lowest BCUT2D eigenvalue weighted by Crippen LogP contribution is -2.63. The van der Waals surface area contributed by atoms with Gasteiger partial charge in [-0.25, -0.2) is 5.16 Å². The van der Waals surface area contributed by atoms with Gasteiger partial charge in [0.05, 0.1) is 0 Å². The van der Waals surface area contributed by atoms with E-state index in [1.54, 1.807) is 0 Å². The van der Waals surface area contributed by atoms with Gasteiger partial charge >= 0.3 is 0 Å². The largest absolute Gasteiger partial charge is 0.626 e. The van der Waals surface area contributed by atoms with Crippen molar-refractivity contribution in [1.82, 2.24) is 0 Å². The molecule has 324 valence electrons. The van der Waals surface area contributed by atoms with Crippen LogP contribution in [-0.4, -0.2) is 6.21 Å². The third-order valence-electron chi connectivity index (χ3n) is 12.9. The molecule has 0 spiro atoms. The molecule has 0 aliphatic rings. The predicted octanol–water partition coefficient (Wildman–Crippen LogP) is 18.0. The van der Waals surface area contributed by atoms with Gasteiger partial charge in [0.25, 0.3) is 0 Å². The van der Waals surface area contributed by atoms with Crippen LogP contribution in [0.2, 0.25) is 0 Å². The maximum absolute atomic E-state index is 11.9. The zero-order valence-corrected chi connectivity index (χ0v) is 38.2. The monoisotopic (exact) mass is 760 g/mol. The second-order valence-electron chi connectivity index (χ2n) is 18.4. The molecule has 1 N–H and O–H groups in total. The van der Waals surface area contributed by atoms with Crippen molar-refractivity contribution in [3.8, 4) is 0 Å². The minimum Gasteiger partial charge on any atom is -0.626 e. The van der Waals surface area contributed by atoms with Crippen molar-refractivity contribution in [2.75, 3.05) is 0 Å². The minimum absolute atomic E-state index is 0.117. The Kier molecular flexibility index (Phi) is 46.4. The summed E-state index contributed by atoms with van der Waals surface area (Å²) in [5.74, 6) is 0. The first-order valence-corrected chi connectivity index (χ1v) is 26.0. The fourth-order valence-corrected chi connectivity index (χ4v) is 9.08. The summed E-state index contributed by atoms with van der Waals surface area (Å²) in [6.45, 7) is 6.92. The molecule has 2 heteroatoms. The van der Waals surface area contributed by atoms with Gasteiger partial charge in [0.1, 0.15) is 0 Å². The van der Waals surface area contributed by atoms with Crippen molar-refractivity contribution < 1.29 is 5.16 Å². The van der Waals surface area contributed by atoms with Gasteiger partial charge in [0.15, 0.2) is 6.21 Å². The third-order valence-corrected chi connectivity index (χ3v) is 12.9. The smallest absolute Gasteiger partial charge is 0.155 e. The number of hydrogen-bond acceptors (Lipinski definition) is 1. The van der Waals surface area contributed by atoms with Crippen LogP contribution in [-0.2, 0) is 0 Å². The first-order valence-electron chi connectivity index (χ1n) is 26.0. The molecule has 0 saturated carbocycles. The third kappa shape index (κ3) is 41.1. The molecule has 2 nitrogen and oxygen atoms in total. The van der Waals surface area contributed by atoms with E-state index >= 15 is 0 Å². The van der Waals surface area contributed by atoms with E-state index < -0.39 is 0 Å². The molecule has 0 saturated heterocycles. The van der Waals surface area contributed by atoms with Crippen molar-refractivity contribution in [2.24, 2.45) is 5.41 Å². The molecule has 0 atom stereocenters. The summed E-state index contributed by atoms with van der Waals surface area (Å²) >= 11 is 0. The summed E-state index contributed by atoms with van der Waals surface area (Å²) in [4.78, 5) is 0. The molecule has 0 radical (unpaired) electrons. The second kappa shape index (κ2) is 46.8. The van der Waals surface area contributed by atoms with Crippen LogP contribution in [0.15, 0.2) is 0 Å². The van der Waals surface area contributed by atoms with Gasteiger partial charge in [-0.1, -0.05) is 303 Å². The lowest BCUT2D eigenvalue weighted by Gasteiger charge is -2.28. The molecular weight excluding hydrogens is 655 g/mol. The van der Waals surface area contributed by atoms with Gasteiger partial charge in [0, 0.05) is 5.41 Å². The lowest BCUT2D eigenvalue weighted by atomic mass is 9.75. The van der Waals surface area contributed by atoms with Crippen molar-refractivity contribution in [3.05, 3.63) is 5.21 Å². The highest BCUT2D eigenvalue weighted by atomic mass is 16.4. The molecule has 0 unspecified atom stereocenters. The Hall–Kier alpha value is -0.530. The van der Waals surface area contributed by atoms with Crippen LogP contribution in [0.3, 0.4) is 0 Å². The Morgan fingerprint density at radius 3 is 0.556 bits per heavy atom. The standard InChI is InChI=1S/C52H105NO/c1-4-7-10-13-16-19-22-25-28-31-34-37-40-43-46-49-52(51-53-54,48-45-42-39-36-33-30-27-24-21-18-15-12-9-6-3)50-47-44-41-38-35-32-29-26-23-20-17-14-11-8-5-2/h51,53H,4-50H2,1-3H3. The summed E-state index contributed by atoms with van der Waals surface area (Å²) in [7, 11) is 0. The van der Waals surface area contributed by atoms with E-state index in [9.17, 15) is 5.21 Å². The fourth-order valence-electron chi connectivity index (χ4n) is 9.08. The number of unbranched alkanes of at least 4 members (excludes halogenated alkanes) is 41. The van der Waals surface area contributed by atoms with E-state index in [2.05, 4.69) is 25.9 Å². The highest BCUT2D eigenvalue weighted by Crippen LogP contribution is 2.35. The minimum atomic E-state index is 0.117. The molecule has 0 heterocycles. The summed E-state index contributed by atoms with van der Waals surface area (Å²) in [6, 6.07) is 0. The quantitative estimate of drug-likeness (QED) is 0.0285. The molecule has 0 bridgehead atoms. The topological polar surface area (TPSA) is 37.0 Å². The van der Waals surface area contributed by atoms with Gasteiger partial charge in [-0.05, 0) is 19.3 Å². The van der Waals surface area contributed by atoms with Crippen LogP contribution in [0.1, 0.15) is 323 Å². The number of rotatable bonds is 48. The predicted molar refractivity (Wildman–Crippen MR) is 247 cm³/mol. The fraction of sp³-hybridized carbons (Fsp3) is 0.981. The highest BCUT2D eigenvalue weighted by molar-refractivity contribution is 5.59. The Balaban J connectivity index is 4.33. The highest BCUT2D eigenvalue weighted by Gasteiger charge is 2.29. The second-order valence-corrected chi connectivity index (χ2v) is 18.4. The van der Waals surface area contributed by atoms with E-state index in [1.807, 2.05) is 6.21 Å². The van der Waals surface area contributed by atoms with Crippen LogP contribution >= 0.6 is 0 Å². The van der Waals surface area contributed by atoms with Gasteiger partial charge in [-0.2, -0.15) is 0 Å². The summed E-state index contributed by atoms with van der Waals surface area (Å²) < 4.78 is 0. The molecule has 0 rings (SSSR count). The van der Waals surface area contributed by atoms with Crippen molar-refractivity contribution in [3.63, 3.8) is 0 Å². The molecule has 0 fully saturated rings. The van der Waals surface area contributed by atoms with Crippen molar-refractivity contribution in [2.45, 2.75) is 323 Å². The summed E-state index contributed by atoms with van der Waals surface area (Å²) in [5, 5.41) is 14.2. The molecule has 54 heavy (non-hydrogen) atoms. The maximum Gasteiger partial charge on any atom is 0.155 e. The summed E-state index contributed by atoms with van der Waals surface area (Å²) in [5.41, 5.74) is 0.117. The van der Waals surface area contributed by atoms with Crippen LogP contribution in [0.25, 0.3) is 0 Å². The molecule has 0 aliphatic carbocycles. The summed E-state index contributed by atoms with van der Waals surface area (Å²) in [6.07, 6.45) is 68.0. The van der Waals surface area contributed by atoms with Crippen LogP contribution in [0, 0.1) is 10.6 Å². The normalized spacial score (nSPS) is 12.1. The lowest BCUT2D eigenvalue weighted by molar-refractivity contribution is -0.373. The van der Waals surface area contributed by atoms with Gasteiger partial charge in [0.2, 0.25) is 0 Å². The molecule has 0 aliphatic heterocycles. The Bertz CT molecular complexity index is 654. The SMILES string of the molecule is CCCCCCCCCCCCCCCCCC(C=[NH+][O-])(CCCCCCCCCCCCCCCC)CCCCCCCCCCCCCCCCC. The van der Waals surface area contributed by atoms with E-state index in [0.29, 0.717) is 0 Å². The van der Waals surface area contributed by atoms with Crippen LogP contribution in [0.4, 0.5) is 0 Å². The maximum atomic E-state index is 11.9. The zero-order valence-electron chi connectivity index (χ0n) is 38.2. The van der Waals surface area contributed by atoms with E-state index in [1.165, 1.54) is 302 Å². The van der Waals surface area contributed by atoms with E-state index in [0.717, 1.165) is 0 Å².